The second kappa shape index (κ2) is 11.6. The molecule has 0 saturated carbocycles. The lowest BCUT2D eigenvalue weighted by molar-refractivity contribution is 0.0937. The standard InChI is InChI=1S/C23H32N2O6S/c1-6-7-8-9-16(2)24-23(26)17-10-13-20(30-4)22(14-17)32(27,28)25-19-12-11-18(29-3)15-21(19)31-5/h10-16,25H,6-9H2,1-5H3,(H,24,26). The monoisotopic (exact) mass is 464 g/mol. The fourth-order valence-electron chi connectivity index (χ4n) is 3.19. The van der Waals surface area contributed by atoms with Crippen LogP contribution in [-0.2, 0) is 10.0 Å². The normalized spacial score (nSPS) is 12.0. The number of anilines is 1. The van der Waals surface area contributed by atoms with Gasteiger partial charge in [0.2, 0.25) is 0 Å². The van der Waals surface area contributed by atoms with Gasteiger partial charge in [-0.25, -0.2) is 8.42 Å². The van der Waals surface area contributed by atoms with Gasteiger partial charge in [0.1, 0.15) is 22.1 Å². The van der Waals surface area contributed by atoms with E-state index in [-0.39, 0.29) is 33.8 Å². The number of amides is 1. The molecule has 0 bridgehead atoms. The molecule has 2 N–H and O–H groups in total. The van der Waals surface area contributed by atoms with Crippen molar-refractivity contribution in [3.63, 3.8) is 0 Å². The molecule has 1 amide bonds. The number of unbranched alkanes of at least 4 members (excludes halogenated alkanes) is 2. The molecule has 0 aliphatic carbocycles. The molecule has 1 unspecified atom stereocenters. The van der Waals surface area contributed by atoms with Crippen LogP contribution in [0.2, 0.25) is 0 Å². The molecule has 176 valence electrons. The van der Waals surface area contributed by atoms with E-state index in [0.717, 1.165) is 25.7 Å². The van der Waals surface area contributed by atoms with Crippen molar-refractivity contribution < 1.29 is 27.4 Å². The zero-order valence-corrected chi connectivity index (χ0v) is 20.0. The van der Waals surface area contributed by atoms with Crippen molar-refractivity contribution in [2.45, 2.75) is 50.5 Å². The summed E-state index contributed by atoms with van der Waals surface area (Å²) in [5.41, 5.74) is 0.463. The Kier molecular flexibility index (Phi) is 9.19. The van der Waals surface area contributed by atoms with Crippen molar-refractivity contribution in [3.8, 4) is 17.2 Å². The van der Waals surface area contributed by atoms with Crippen molar-refractivity contribution in [2.24, 2.45) is 0 Å². The molecule has 9 heteroatoms. The summed E-state index contributed by atoms with van der Waals surface area (Å²) >= 11 is 0. The van der Waals surface area contributed by atoms with Crippen LogP contribution in [0.25, 0.3) is 0 Å². The third kappa shape index (κ3) is 6.53. The predicted octanol–water partition coefficient (Wildman–Crippen LogP) is 4.21. The van der Waals surface area contributed by atoms with Crippen molar-refractivity contribution in [2.75, 3.05) is 26.1 Å². The Labute approximate surface area is 190 Å². The number of rotatable bonds is 12. The Balaban J connectivity index is 2.30. The van der Waals surface area contributed by atoms with Gasteiger partial charge in [0.15, 0.2) is 0 Å². The Morgan fingerprint density at radius 1 is 0.969 bits per heavy atom. The van der Waals surface area contributed by atoms with Gasteiger partial charge < -0.3 is 19.5 Å². The van der Waals surface area contributed by atoms with Crippen LogP contribution < -0.4 is 24.2 Å². The zero-order chi connectivity index (χ0) is 23.7. The summed E-state index contributed by atoms with van der Waals surface area (Å²) < 4.78 is 44.5. The molecule has 0 radical (unpaired) electrons. The minimum atomic E-state index is -4.09. The van der Waals surface area contributed by atoms with Gasteiger partial charge in [0.05, 0.1) is 27.0 Å². The van der Waals surface area contributed by atoms with Crippen molar-refractivity contribution in [1.29, 1.82) is 0 Å². The van der Waals surface area contributed by atoms with Crippen LogP contribution in [-0.4, -0.2) is 41.7 Å². The highest BCUT2D eigenvalue weighted by molar-refractivity contribution is 7.92. The van der Waals surface area contributed by atoms with E-state index >= 15 is 0 Å². The van der Waals surface area contributed by atoms with Crippen molar-refractivity contribution in [1.82, 2.24) is 5.32 Å². The Hall–Kier alpha value is -2.94. The second-order valence-corrected chi connectivity index (χ2v) is 9.06. The third-order valence-electron chi connectivity index (χ3n) is 4.99. The van der Waals surface area contributed by atoms with Crippen molar-refractivity contribution in [3.05, 3.63) is 42.0 Å². The molecule has 0 saturated heterocycles. The number of carbonyl (C=O) groups is 1. The van der Waals surface area contributed by atoms with Crippen LogP contribution in [0, 0.1) is 0 Å². The quantitative estimate of drug-likeness (QED) is 0.456. The summed E-state index contributed by atoms with van der Waals surface area (Å²) in [6.07, 6.45) is 4.09. The summed E-state index contributed by atoms with van der Waals surface area (Å²) in [6, 6.07) is 9.02. The van der Waals surface area contributed by atoms with Crippen LogP contribution in [0.1, 0.15) is 49.9 Å². The highest BCUT2D eigenvalue weighted by Gasteiger charge is 2.24. The summed E-state index contributed by atoms with van der Waals surface area (Å²) in [5.74, 6) is 0.600. The first-order valence-corrected chi connectivity index (χ1v) is 12.0. The van der Waals surface area contributed by atoms with Gasteiger partial charge in [-0.05, 0) is 43.7 Å². The number of benzene rings is 2. The maximum atomic E-state index is 13.2. The van der Waals surface area contributed by atoms with E-state index in [1.165, 1.54) is 39.5 Å². The zero-order valence-electron chi connectivity index (χ0n) is 19.2. The average molecular weight is 465 g/mol. The summed E-state index contributed by atoms with van der Waals surface area (Å²) in [4.78, 5) is 12.5. The first-order chi connectivity index (χ1) is 15.2. The molecule has 2 aromatic rings. The maximum Gasteiger partial charge on any atom is 0.265 e. The number of sulfonamides is 1. The SMILES string of the molecule is CCCCCC(C)NC(=O)c1ccc(OC)c(S(=O)(=O)Nc2ccc(OC)cc2OC)c1. The van der Waals surface area contributed by atoms with E-state index in [1.807, 2.05) is 6.92 Å². The van der Waals surface area contributed by atoms with Gasteiger partial charge in [-0.15, -0.1) is 0 Å². The third-order valence-corrected chi connectivity index (χ3v) is 6.37. The number of ether oxygens (including phenoxy) is 3. The molecule has 0 aliphatic heterocycles. The number of methoxy groups -OCH3 is 3. The molecule has 2 aromatic carbocycles. The van der Waals surface area contributed by atoms with Crippen LogP contribution in [0.15, 0.2) is 41.3 Å². The lowest BCUT2D eigenvalue weighted by Crippen LogP contribution is -2.32. The van der Waals surface area contributed by atoms with Crippen LogP contribution >= 0.6 is 0 Å². The number of nitrogens with one attached hydrogen (secondary N) is 2. The molecule has 32 heavy (non-hydrogen) atoms. The molecular weight excluding hydrogens is 432 g/mol. The maximum absolute atomic E-state index is 13.2. The van der Waals surface area contributed by atoms with E-state index in [0.29, 0.717) is 11.5 Å². The Bertz CT molecular complexity index is 1020. The van der Waals surface area contributed by atoms with Gasteiger partial charge in [-0.1, -0.05) is 26.2 Å². The molecule has 0 aliphatic rings. The van der Waals surface area contributed by atoms with Gasteiger partial charge in [-0.3, -0.25) is 9.52 Å². The highest BCUT2D eigenvalue weighted by atomic mass is 32.2. The highest BCUT2D eigenvalue weighted by Crippen LogP contribution is 2.33. The number of hydrogen-bond acceptors (Lipinski definition) is 6. The summed E-state index contributed by atoms with van der Waals surface area (Å²) in [6.45, 7) is 4.06. The van der Waals surface area contributed by atoms with E-state index in [9.17, 15) is 13.2 Å². The Morgan fingerprint density at radius 3 is 2.31 bits per heavy atom. The lowest BCUT2D eigenvalue weighted by Gasteiger charge is -2.17. The summed E-state index contributed by atoms with van der Waals surface area (Å²) in [7, 11) is 0.222. The van der Waals surface area contributed by atoms with E-state index in [1.54, 1.807) is 18.2 Å². The van der Waals surface area contributed by atoms with Crippen LogP contribution in [0.5, 0.6) is 17.2 Å². The largest absolute Gasteiger partial charge is 0.497 e. The average Bonchev–Trinajstić information content (AvgIpc) is 2.78. The fraction of sp³-hybridized carbons (Fsp3) is 0.435. The number of carbonyl (C=O) groups excluding carboxylic acids is 1. The van der Waals surface area contributed by atoms with Gasteiger partial charge in [-0.2, -0.15) is 0 Å². The minimum absolute atomic E-state index is 0.0158. The van der Waals surface area contributed by atoms with Gasteiger partial charge in [0.25, 0.3) is 15.9 Å². The van der Waals surface area contributed by atoms with E-state index in [4.69, 9.17) is 14.2 Å². The molecule has 0 fully saturated rings. The number of hydrogen-bond donors (Lipinski definition) is 2. The Morgan fingerprint density at radius 2 is 1.69 bits per heavy atom. The van der Waals surface area contributed by atoms with Crippen molar-refractivity contribution >= 4 is 21.6 Å². The first-order valence-electron chi connectivity index (χ1n) is 10.5. The van der Waals surface area contributed by atoms with E-state index < -0.39 is 10.0 Å². The smallest absolute Gasteiger partial charge is 0.265 e. The molecule has 0 aromatic heterocycles. The molecule has 0 spiro atoms. The molecule has 1 atom stereocenters. The lowest BCUT2D eigenvalue weighted by atomic mass is 10.1. The second-order valence-electron chi connectivity index (χ2n) is 7.41. The van der Waals surface area contributed by atoms with Crippen LogP contribution in [0.4, 0.5) is 5.69 Å². The molecule has 8 nitrogen and oxygen atoms in total. The minimum Gasteiger partial charge on any atom is -0.497 e. The molecule has 0 heterocycles. The summed E-state index contributed by atoms with van der Waals surface area (Å²) in [5, 5.41) is 2.92. The molecular formula is C23H32N2O6S. The fourth-order valence-corrected chi connectivity index (χ4v) is 4.46. The van der Waals surface area contributed by atoms with Crippen LogP contribution in [0.3, 0.4) is 0 Å². The van der Waals surface area contributed by atoms with Gasteiger partial charge >= 0.3 is 0 Å². The first kappa shape index (κ1) is 25.3. The molecule has 2 rings (SSSR count). The predicted molar refractivity (Wildman–Crippen MR) is 124 cm³/mol. The van der Waals surface area contributed by atoms with E-state index in [2.05, 4.69) is 17.0 Å². The van der Waals surface area contributed by atoms with Gasteiger partial charge in [0, 0.05) is 17.7 Å². The topological polar surface area (TPSA) is 103 Å².